The second-order valence-corrected chi connectivity index (χ2v) is 4.84. The lowest BCUT2D eigenvalue weighted by molar-refractivity contribution is -0.146. The summed E-state index contributed by atoms with van der Waals surface area (Å²) < 4.78 is 13.6. The summed E-state index contributed by atoms with van der Waals surface area (Å²) >= 11 is 0. The zero-order valence-electron chi connectivity index (χ0n) is 11.2. The molecule has 0 aliphatic carbocycles. The monoisotopic (exact) mass is 277 g/mol. The largest absolute Gasteiger partial charge is 0.480 e. The molecule has 0 saturated carbocycles. The molecule has 1 amide bonds. The summed E-state index contributed by atoms with van der Waals surface area (Å²) in [5.74, 6) is -1.77. The Balaban J connectivity index is 2.20. The fourth-order valence-electron chi connectivity index (χ4n) is 2.41. The van der Waals surface area contributed by atoms with Gasteiger partial charge in [0.2, 0.25) is 5.91 Å². The Morgan fingerprint density at radius 1 is 1.40 bits per heavy atom. The minimum absolute atomic E-state index is 0.354. The van der Waals surface area contributed by atoms with E-state index in [1.165, 1.54) is 17.0 Å². The smallest absolute Gasteiger partial charge is 0.326 e. The van der Waals surface area contributed by atoms with Crippen LogP contribution in [0.4, 0.5) is 4.39 Å². The van der Waals surface area contributed by atoms with E-state index in [0.29, 0.717) is 30.5 Å². The lowest BCUT2D eigenvalue weighted by atomic mass is 10.1. The molecular weight excluding hydrogens is 261 g/mol. The number of likely N-dealkylation sites (tertiary alicyclic amines) is 1. The van der Waals surface area contributed by atoms with E-state index in [1.54, 1.807) is 25.1 Å². The molecule has 1 aliphatic heterocycles. The van der Waals surface area contributed by atoms with Gasteiger partial charge in [-0.25, -0.2) is 9.18 Å². The van der Waals surface area contributed by atoms with E-state index in [0.717, 1.165) is 0 Å². The van der Waals surface area contributed by atoms with E-state index < -0.39 is 17.8 Å². The van der Waals surface area contributed by atoms with E-state index >= 15 is 0 Å². The quantitative estimate of drug-likeness (QED) is 0.862. The molecule has 1 fully saturated rings. The molecular formula is C15H16FNO3. The fraction of sp³-hybridized carbons (Fsp3) is 0.333. The molecule has 1 aromatic carbocycles. The molecule has 1 aromatic rings. The molecule has 5 heteroatoms. The number of amides is 1. The molecule has 106 valence electrons. The number of hydrogen-bond acceptors (Lipinski definition) is 2. The zero-order chi connectivity index (χ0) is 14.7. The number of carboxylic acid groups (broad SMARTS) is 1. The average Bonchev–Trinajstić information content (AvgIpc) is 2.88. The number of benzene rings is 1. The Kier molecular flexibility index (Phi) is 4.17. The third kappa shape index (κ3) is 2.87. The van der Waals surface area contributed by atoms with Crippen LogP contribution < -0.4 is 0 Å². The van der Waals surface area contributed by atoms with Gasteiger partial charge in [0.05, 0.1) is 0 Å². The Bertz CT molecular complexity index is 568. The van der Waals surface area contributed by atoms with Crippen molar-refractivity contribution in [1.29, 1.82) is 0 Å². The maximum atomic E-state index is 13.6. The topological polar surface area (TPSA) is 57.6 Å². The predicted molar refractivity (Wildman–Crippen MR) is 72.4 cm³/mol. The molecule has 1 heterocycles. The van der Waals surface area contributed by atoms with Crippen molar-refractivity contribution in [2.75, 3.05) is 6.54 Å². The minimum atomic E-state index is -0.993. The Hall–Kier alpha value is -2.17. The lowest BCUT2D eigenvalue weighted by Crippen LogP contribution is -2.39. The van der Waals surface area contributed by atoms with Gasteiger partial charge in [-0.2, -0.15) is 0 Å². The molecule has 0 aromatic heterocycles. The van der Waals surface area contributed by atoms with Crippen LogP contribution in [0.3, 0.4) is 0 Å². The highest BCUT2D eigenvalue weighted by atomic mass is 19.1. The molecule has 1 unspecified atom stereocenters. The van der Waals surface area contributed by atoms with Crippen LogP contribution in [-0.4, -0.2) is 34.5 Å². The van der Waals surface area contributed by atoms with Crippen molar-refractivity contribution in [3.8, 4) is 0 Å². The van der Waals surface area contributed by atoms with Gasteiger partial charge in [0.15, 0.2) is 0 Å². The molecule has 2 rings (SSSR count). The normalized spacial score (nSPS) is 19.2. The summed E-state index contributed by atoms with van der Waals surface area (Å²) in [6.07, 6.45) is 2.45. The first-order chi connectivity index (χ1) is 9.50. The third-order valence-corrected chi connectivity index (χ3v) is 3.46. The zero-order valence-corrected chi connectivity index (χ0v) is 11.2. The molecule has 0 spiro atoms. The van der Waals surface area contributed by atoms with E-state index in [9.17, 15) is 14.0 Å². The first-order valence-electron chi connectivity index (χ1n) is 6.47. The van der Waals surface area contributed by atoms with Gasteiger partial charge in [-0.05, 0) is 31.4 Å². The summed E-state index contributed by atoms with van der Waals surface area (Å²) in [6, 6.07) is 5.41. The second-order valence-electron chi connectivity index (χ2n) is 4.84. The number of carboxylic acids is 1. The Morgan fingerprint density at radius 3 is 2.75 bits per heavy atom. The molecule has 0 bridgehead atoms. The first-order valence-corrected chi connectivity index (χ1v) is 6.47. The van der Waals surface area contributed by atoms with E-state index in [1.807, 2.05) is 0 Å². The van der Waals surface area contributed by atoms with Gasteiger partial charge >= 0.3 is 5.97 Å². The van der Waals surface area contributed by atoms with Gasteiger partial charge in [0.1, 0.15) is 11.9 Å². The van der Waals surface area contributed by atoms with E-state index in [-0.39, 0.29) is 5.91 Å². The van der Waals surface area contributed by atoms with E-state index in [2.05, 4.69) is 0 Å². The van der Waals surface area contributed by atoms with Gasteiger partial charge < -0.3 is 10.0 Å². The maximum absolute atomic E-state index is 13.6. The van der Waals surface area contributed by atoms with Gasteiger partial charge in [-0.3, -0.25) is 4.79 Å². The molecule has 4 nitrogen and oxygen atoms in total. The van der Waals surface area contributed by atoms with Crippen LogP contribution in [0.5, 0.6) is 0 Å². The number of halogens is 1. The van der Waals surface area contributed by atoms with Crippen LogP contribution in [-0.2, 0) is 9.59 Å². The van der Waals surface area contributed by atoms with Crippen LogP contribution in [0.1, 0.15) is 25.3 Å². The third-order valence-electron chi connectivity index (χ3n) is 3.46. The minimum Gasteiger partial charge on any atom is -0.480 e. The van der Waals surface area contributed by atoms with Crippen LogP contribution in [0.25, 0.3) is 5.57 Å². The van der Waals surface area contributed by atoms with Crippen molar-refractivity contribution in [1.82, 2.24) is 4.90 Å². The SMILES string of the molecule is CC(=CC(=O)N1CCCC1C(=O)O)c1ccccc1F. The number of nitrogens with zero attached hydrogens (tertiary/aromatic N) is 1. The van der Waals surface area contributed by atoms with Gasteiger partial charge in [0, 0.05) is 18.2 Å². The highest BCUT2D eigenvalue weighted by Gasteiger charge is 2.33. The summed E-state index contributed by atoms with van der Waals surface area (Å²) in [5.41, 5.74) is 0.844. The number of allylic oxidation sites excluding steroid dienone is 1. The summed E-state index contributed by atoms with van der Waals surface area (Å²) in [6.45, 7) is 2.07. The van der Waals surface area contributed by atoms with Crippen LogP contribution in [0, 0.1) is 5.82 Å². The van der Waals surface area contributed by atoms with Crippen LogP contribution >= 0.6 is 0 Å². The molecule has 1 aliphatic rings. The summed E-state index contributed by atoms with van der Waals surface area (Å²) in [4.78, 5) is 24.5. The van der Waals surface area contributed by atoms with Crippen molar-refractivity contribution in [3.05, 3.63) is 41.7 Å². The number of carbonyl (C=O) groups excluding carboxylic acids is 1. The van der Waals surface area contributed by atoms with Crippen molar-refractivity contribution in [2.24, 2.45) is 0 Å². The summed E-state index contributed by atoms with van der Waals surface area (Å²) in [5, 5.41) is 9.05. The maximum Gasteiger partial charge on any atom is 0.326 e. The molecule has 1 N–H and O–H groups in total. The number of rotatable bonds is 3. The molecule has 20 heavy (non-hydrogen) atoms. The fourth-order valence-corrected chi connectivity index (χ4v) is 2.41. The standard InChI is InChI=1S/C15H16FNO3/c1-10(11-5-2-3-6-12(11)16)9-14(18)17-8-4-7-13(17)15(19)20/h2-3,5-6,9,13H,4,7-8H2,1H3,(H,19,20). The predicted octanol–water partition coefficient (Wildman–Crippen LogP) is 2.30. The first kappa shape index (κ1) is 14.2. The molecule has 0 radical (unpaired) electrons. The van der Waals surface area contributed by atoms with Crippen molar-refractivity contribution >= 4 is 17.4 Å². The van der Waals surface area contributed by atoms with Gasteiger partial charge in [-0.15, -0.1) is 0 Å². The van der Waals surface area contributed by atoms with Crippen molar-refractivity contribution < 1.29 is 19.1 Å². The van der Waals surface area contributed by atoms with Gasteiger partial charge in [0.25, 0.3) is 0 Å². The number of carbonyl (C=O) groups is 2. The molecule has 1 saturated heterocycles. The van der Waals surface area contributed by atoms with Crippen molar-refractivity contribution in [2.45, 2.75) is 25.8 Å². The van der Waals surface area contributed by atoms with Gasteiger partial charge in [-0.1, -0.05) is 18.2 Å². The second kappa shape index (κ2) is 5.86. The van der Waals surface area contributed by atoms with E-state index in [4.69, 9.17) is 5.11 Å². The Labute approximate surface area is 116 Å². The van der Waals surface area contributed by atoms with Crippen LogP contribution in [0.15, 0.2) is 30.3 Å². The highest BCUT2D eigenvalue weighted by molar-refractivity contribution is 5.97. The van der Waals surface area contributed by atoms with Crippen molar-refractivity contribution in [3.63, 3.8) is 0 Å². The lowest BCUT2D eigenvalue weighted by Gasteiger charge is -2.20. The Morgan fingerprint density at radius 2 is 2.10 bits per heavy atom. The highest BCUT2D eigenvalue weighted by Crippen LogP contribution is 2.21. The summed E-state index contributed by atoms with van der Waals surface area (Å²) in [7, 11) is 0. The number of hydrogen-bond donors (Lipinski definition) is 1. The number of aliphatic carboxylic acids is 1. The average molecular weight is 277 g/mol. The molecule has 1 atom stereocenters. The van der Waals surface area contributed by atoms with Crippen LogP contribution in [0.2, 0.25) is 0 Å².